The fourth-order valence-corrected chi connectivity index (χ4v) is 2.27. The predicted molar refractivity (Wildman–Crippen MR) is 76.1 cm³/mol. The minimum absolute atomic E-state index is 0.256. The van der Waals surface area contributed by atoms with Gasteiger partial charge in [-0.05, 0) is 56.3 Å². The molecule has 2 rings (SSSR count). The van der Waals surface area contributed by atoms with E-state index in [0.717, 1.165) is 31.0 Å². The van der Waals surface area contributed by atoms with Crippen LogP contribution in [0.25, 0.3) is 0 Å². The highest BCUT2D eigenvalue weighted by molar-refractivity contribution is 5.29. The molecule has 1 aliphatic rings. The lowest BCUT2D eigenvalue weighted by Crippen LogP contribution is -2.17. The standard InChI is InChI=1S/C16H24FNO/c1-19-16-10-7-13(12-15(16)17)6-4-2-3-5-11-18-14-8-9-14/h7,10,12,14,18H,2-6,8-9,11H2,1H3. The second-order valence-electron chi connectivity index (χ2n) is 5.36. The van der Waals surface area contributed by atoms with Crippen LogP contribution >= 0.6 is 0 Å². The minimum atomic E-state index is -0.256. The smallest absolute Gasteiger partial charge is 0.165 e. The van der Waals surface area contributed by atoms with Gasteiger partial charge in [0.2, 0.25) is 0 Å². The Balaban J connectivity index is 1.55. The third kappa shape index (κ3) is 5.19. The molecule has 1 aromatic rings. The van der Waals surface area contributed by atoms with Crippen molar-refractivity contribution in [2.75, 3.05) is 13.7 Å². The molecule has 0 heterocycles. The van der Waals surface area contributed by atoms with Gasteiger partial charge >= 0.3 is 0 Å². The Labute approximate surface area is 115 Å². The van der Waals surface area contributed by atoms with Gasteiger partial charge in [-0.3, -0.25) is 0 Å². The van der Waals surface area contributed by atoms with Gasteiger partial charge in [0, 0.05) is 6.04 Å². The summed E-state index contributed by atoms with van der Waals surface area (Å²) in [5.41, 5.74) is 1.06. The van der Waals surface area contributed by atoms with Crippen LogP contribution in [-0.4, -0.2) is 19.7 Å². The SMILES string of the molecule is COc1ccc(CCCCCCNC2CC2)cc1F. The van der Waals surface area contributed by atoms with Crippen LogP contribution in [0.1, 0.15) is 44.1 Å². The van der Waals surface area contributed by atoms with Gasteiger partial charge < -0.3 is 10.1 Å². The second kappa shape index (κ2) is 7.49. The zero-order chi connectivity index (χ0) is 13.5. The van der Waals surface area contributed by atoms with Crippen molar-refractivity contribution < 1.29 is 9.13 Å². The minimum Gasteiger partial charge on any atom is -0.494 e. The van der Waals surface area contributed by atoms with Gasteiger partial charge in [-0.2, -0.15) is 0 Å². The molecule has 1 N–H and O–H groups in total. The molecule has 0 radical (unpaired) electrons. The van der Waals surface area contributed by atoms with Crippen molar-refractivity contribution in [2.45, 2.75) is 51.0 Å². The first-order valence-corrected chi connectivity index (χ1v) is 7.35. The van der Waals surface area contributed by atoms with Crippen LogP contribution in [0.3, 0.4) is 0 Å². The molecule has 1 saturated carbocycles. The summed E-state index contributed by atoms with van der Waals surface area (Å²) in [6.07, 6.45) is 8.56. The highest BCUT2D eigenvalue weighted by Crippen LogP contribution is 2.20. The topological polar surface area (TPSA) is 21.3 Å². The van der Waals surface area contributed by atoms with Crippen LogP contribution in [0.5, 0.6) is 5.75 Å². The molecule has 0 bridgehead atoms. The molecule has 106 valence electrons. The maximum Gasteiger partial charge on any atom is 0.165 e. The van der Waals surface area contributed by atoms with E-state index in [-0.39, 0.29) is 5.82 Å². The van der Waals surface area contributed by atoms with E-state index in [1.54, 1.807) is 12.1 Å². The lowest BCUT2D eigenvalue weighted by atomic mass is 10.1. The average molecular weight is 265 g/mol. The highest BCUT2D eigenvalue weighted by atomic mass is 19.1. The summed E-state index contributed by atoms with van der Waals surface area (Å²) in [4.78, 5) is 0. The first kappa shape index (κ1) is 14.3. The maximum absolute atomic E-state index is 13.5. The summed E-state index contributed by atoms with van der Waals surface area (Å²) < 4.78 is 18.4. The summed E-state index contributed by atoms with van der Waals surface area (Å²) in [5.74, 6) is 0.0727. The van der Waals surface area contributed by atoms with Crippen molar-refractivity contribution in [3.63, 3.8) is 0 Å². The molecule has 0 saturated heterocycles. The van der Waals surface area contributed by atoms with Crippen LogP contribution < -0.4 is 10.1 Å². The van der Waals surface area contributed by atoms with Gasteiger partial charge in [0.15, 0.2) is 11.6 Å². The molecule has 1 aromatic carbocycles. The summed E-state index contributed by atoms with van der Waals surface area (Å²) >= 11 is 0. The predicted octanol–water partition coefficient (Wildman–Crippen LogP) is 3.69. The van der Waals surface area contributed by atoms with Gasteiger partial charge in [0.1, 0.15) is 0 Å². The Hall–Kier alpha value is -1.09. The number of nitrogens with one attached hydrogen (secondary N) is 1. The molecule has 0 amide bonds. The van der Waals surface area contributed by atoms with Crippen LogP contribution in [0, 0.1) is 5.82 Å². The van der Waals surface area contributed by atoms with E-state index in [9.17, 15) is 4.39 Å². The molecular formula is C16H24FNO. The molecule has 2 nitrogen and oxygen atoms in total. The van der Waals surface area contributed by atoms with Crippen molar-refractivity contribution in [1.29, 1.82) is 0 Å². The zero-order valence-electron chi connectivity index (χ0n) is 11.8. The average Bonchev–Trinajstić information content (AvgIpc) is 3.22. The third-order valence-electron chi connectivity index (χ3n) is 3.62. The molecule has 1 fully saturated rings. The summed E-state index contributed by atoms with van der Waals surface area (Å²) in [5, 5.41) is 3.52. The van der Waals surface area contributed by atoms with Gasteiger partial charge in [-0.25, -0.2) is 4.39 Å². The molecule has 19 heavy (non-hydrogen) atoms. The molecule has 0 aromatic heterocycles. The first-order chi connectivity index (χ1) is 9.29. The number of methoxy groups -OCH3 is 1. The molecular weight excluding hydrogens is 241 g/mol. The Morgan fingerprint density at radius 3 is 2.68 bits per heavy atom. The number of ether oxygens (including phenoxy) is 1. The normalized spacial score (nSPS) is 14.6. The Morgan fingerprint density at radius 1 is 1.21 bits per heavy atom. The fraction of sp³-hybridized carbons (Fsp3) is 0.625. The second-order valence-corrected chi connectivity index (χ2v) is 5.36. The molecule has 0 spiro atoms. The van der Waals surface area contributed by atoms with Crippen molar-refractivity contribution in [1.82, 2.24) is 5.32 Å². The van der Waals surface area contributed by atoms with E-state index >= 15 is 0 Å². The van der Waals surface area contributed by atoms with E-state index in [0.29, 0.717) is 5.75 Å². The van der Waals surface area contributed by atoms with Gasteiger partial charge in [0.05, 0.1) is 7.11 Å². The Morgan fingerprint density at radius 2 is 2.00 bits per heavy atom. The summed E-state index contributed by atoms with van der Waals surface area (Å²) in [7, 11) is 1.49. The monoisotopic (exact) mass is 265 g/mol. The van der Waals surface area contributed by atoms with E-state index in [1.807, 2.05) is 6.07 Å². The van der Waals surface area contributed by atoms with Crippen LogP contribution in [0.4, 0.5) is 4.39 Å². The largest absolute Gasteiger partial charge is 0.494 e. The number of unbranched alkanes of at least 4 members (excludes halogenated alkanes) is 3. The molecule has 0 atom stereocenters. The van der Waals surface area contributed by atoms with Crippen LogP contribution in [-0.2, 0) is 6.42 Å². The molecule has 3 heteroatoms. The number of halogens is 1. The number of rotatable bonds is 9. The van der Waals surface area contributed by atoms with Crippen molar-refractivity contribution in [3.05, 3.63) is 29.6 Å². The first-order valence-electron chi connectivity index (χ1n) is 7.35. The van der Waals surface area contributed by atoms with E-state index < -0.39 is 0 Å². The van der Waals surface area contributed by atoms with Crippen LogP contribution in [0.15, 0.2) is 18.2 Å². The summed E-state index contributed by atoms with van der Waals surface area (Å²) in [6, 6.07) is 6.08. The Kier molecular flexibility index (Phi) is 5.64. The Bertz CT molecular complexity index is 390. The maximum atomic E-state index is 13.5. The fourth-order valence-electron chi connectivity index (χ4n) is 2.27. The summed E-state index contributed by atoms with van der Waals surface area (Å²) in [6.45, 7) is 1.15. The quantitative estimate of drug-likeness (QED) is 0.688. The molecule has 1 aliphatic carbocycles. The van der Waals surface area contributed by atoms with Crippen molar-refractivity contribution >= 4 is 0 Å². The lowest BCUT2D eigenvalue weighted by Gasteiger charge is -2.06. The van der Waals surface area contributed by atoms with Crippen molar-refractivity contribution in [3.8, 4) is 5.75 Å². The molecule has 0 unspecified atom stereocenters. The highest BCUT2D eigenvalue weighted by Gasteiger charge is 2.19. The van der Waals surface area contributed by atoms with Crippen LogP contribution in [0.2, 0.25) is 0 Å². The van der Waals surface area contributed by atoms with Gasteiger partial charge in [0.25, 0.3) is 0 Å². The number of benzene rings is 1. The molecule has 0 aliphatic heterocycles. The van der Waals surface area contributed by atoms with Gasteiger partial charge in [-0.1, -0.05) is 18.9 Å². The lowest BCUT2D eigenvalue weighted by molar-refractivity contribution is 0.386. The number of aryl methyl sites for hydroxylation is 1. The number of hydrogen-bond acceptors (Lipinski definition) is 2. The van der Waals surface area contributed by atoms with E-state index in [2.05, 4.69) is 5.32 Å². The third-order valence-corrected chi connectivity index (χ3v) is 3.62. The van der Waals surface area contributed by atoms with Crippen molar-refractivity contribution in [2.24, 2.45) is 0 Å². The van der Waals surface area contributed by atoms with Gasteiger partial charge in [-0.15, -0.1) is 0 Å². The van der Waals surface area contributed by atoms with E-state index in [4.69, 9.17) is 4.74 Å². The van der Waals surface area contributed by atoms with E-state index in [1.165, 1.54) is 39.2 Å². The number of hydrogen-bond donors (Lipinski definition) is 1. The zero-order valence-corrected chi connectivity index (χ0v) is 11.8.